The fourth-order valence-electron chi connectivity index (χ4n) is 7.12. The Morgan fingerprint density at radius 2 is 1.06 bits per heavy atom. The zero-order chi connectivity index (χ0) is 34.0. The van der Waals surface area contributed by atoms with E-state index < -0.39 is 0 Å². The highest BCUT2D eigenvalue weighted by Crippen LogP contribution is 2.37. The maximum Gasteiger partial charge on any atom is 0.0971 e. The van der Waals surface area contributed by atoms with Crippen LogP contribution in [0.1, 0.15) is 25.0 Å². The maximum absolute atomic E-state index is 5.12. The number of pyridine rings is 2. The summed E-state index contributed by atoms with van der Waals surface area (Å²) in [6.45, 7) is 0. The van der Waals surface area contributed by atoms with Crippen molar-refractivity contribution in [3.8, 4) is 44.8 Å². The summed E-state index contributed by atoms with van der Waals surface area (Å²) >= 11 is 0. The molecule has 1 aliphatic carbocycles. The van der Waals surface area contributed by atoms with Crippen LogP contribution in [0, 0.1) is 0 Å². The minimum absolute atomic E-state index is 0.857. The summed E-state index contributed by atoms with van der Waals surface area (Å²) in [7, 11) is 0. The molecule has 0 saturated carbocycles. The fraction of sp³-hybridized carbons (Fsp3) is 0.0638. The third-order valence-electron chi connectivity index (χ3n) is 9.67. The molecular formula is C47H34N4. The second-order valence-corrected chi connectivity index (χ2v) is 12.9. The molecular weight excluding hydrogens is 621 g/mol. The fourth-order valence-corrected chi connectivity index (χ4v) is 7.12. The lowest BCUT2D eigenvalue weighted by molar-refractivity contribution is 0.869. The molecule has 0 aliphatic heterocycles. The minimum atomic E-state index is 0.857. The highest BCUT2D eigenvalue weighted by Gasteiger charge is 2.14. The first-order valence-electron chi connectivity index (χ1n) is 17.5. The van der Waals surface area contributed by atoms with Crippen LogP contribution < -0.4 is 0 Å². The second kappa shape index (κ2) is 13.4. The zero-order valence-electron chi connectivity index (χ0n) is 28.1. The number of fused-ring (bicyclic) bond motifs is 6. The number of hydrogen-bond donors (Lipinski definition) is 0. The molecule has 0 amide bonds. The van der Waals surface area contributed by atoms with Crippen LogP contribution in [0.4, 0.5) is 0 Å². The molecule has 0 atom stereocenters. The summed E-state index contributed by atoms with van der Waals surface area (Å²) in [5.74, 6) is 0. The van der Waals surface area contributed by atoms with Crippen LogP contribution in [-0.2, 0) is 0 Å². The van der Waals surface area contributed by atoms with Crippen molar-refractivity contribution < 1.29 is 0 Å². The number of rotatable bonds is 5. The van der Waals surface area contributed by atoms with Gasteiger partial charge in [0.1, 0.15) is 0 Å². The van der Waals surface area contributed by atoms with Crippen molar-refractivity contribution in [2.45, 2.75) is 19.3 Å². The molecule has 51 heavy (non-hydrogen) atoms. The first-order valence-corrected chi connectivity index (χ1v) is 17.5. The largest absolute Gasteiger partial charge is 0.255 e. The molecule has 1 aliphatic rings. The lowest BCUT2D eigenvalue weighted by Crippen LogP contribution is -1.95. The molecule has 5 aromatic carbocycles. The van der Waals surface area contributed by atoms with E-state index in [4.69, 9.17) is 15.0 Å². The van der Waals surface area contributed by atoms with E-state index in [0.29, 0.717) is 0 Å². The summed E-state index contributed by atoms with van der Waals surface area (Å²) in [5, 5.41) is 4.60. The standard InChI is InChI=1S/C47H34N4/c1-2-4-6-14-32(13-5-3-1)44-30-38(31-45(51-44)43-21-9-10-24-48-43)36-18-12-16-34(28-36)33-15-11-17-35(27-33)37-22-23-41-42(29-37)39-19-7-8-20-40(39)46-47(41)50-26-25-49-46/h3,5-31H,1-2,4H2/b5-3?,14-6-,32-13?. The Balaban J connectivity index is 1.13. The number of nitrogens with zero attached hydrogens (tertiary/aromatic N) is 4. The molecule has 0 spiro atoms. The van der Waals surface area contributed by atoms with Gasteiger partial charge in [0.2, 0.25) is 0 Å². The van der Waals surface area contributed by atoms with Gasteiger partial charge in [-0.15, -0.1) is 0 Å². The van der Waals surface area contributed by atoms with E-state index in [9.17, 15) is 0 Å². The number of hydrogen-bond acceptors (Lipinski definition) is 4. The van der Waals surface area contributed by atoms with Crippen molar-refractivity contribution in [2.75, 3.05) is 0 Å². The van der Waals surface area contributed by atoms with Gasteiger partial charge in [-0.05, 0) is 111 Å². The van der Waals surface area contributed by atoms with E-state index in [-0.39, 0.29) is 0 Å². The van der Waals surface area contributed by atoms with Gasteiger partial charge in [0, 0.05) is 29.4 Å². The monoisotopic (exact) mass is 654 g/mol. The molecule has 0 saturated heterocycles. The quantitative estimate of drug-likeness (QED) is 0.173. The molecule has 0 N–H and O–H groups in total. The lowest BCUT2D eigenvalue weighted by Gasteiger charge is -2.13. The molecule has 4 nitrogen and oxygen atoms in total. The van der Waals surface area contributed by atoms with Gasteiger partial charge in [-0.25, -0.2) is 4.98 Å². The van der Waals surface area contributed by atoms with Crippen LogP contribution in [0.15, 0.2) is 170 Å². The molecule has 242 valence electrons. The third kappa shape index (κ3) is 6.02. The molecule has 0 unspecified atom stereocenters. The van der Waals surface area contributed by atoms with Crippen LogP contribution in [0.3, 0.4) is 0 Å². The Hall–Kier alpha value is -6.52. The number of aromatic nitrogens is 4. The van der Waals surface area contributed by atoms with Crippen molar-refractivity contribution in [1.29, 1.82) is 0 Å². The molecule has 9 rings (SSSR count). The van der Waals surface area contributed by atoms with Crippen LogP contribution in [0.2, 0.25) is 0 Å². The smallest absolute Gasteiger partial charge is 0.0971 e. The van der Waals surface area contributed by atoms with Crippen LogP contribution >= 0.6 is 0 Å². The normalized spacial score (nSPS) is 13.8. The number of benzene rings is 5. The van der Waals surface area contributed by atoms with Gasteiger partial charge in [-0.2, -0.15) is 0 Å². The van der Waals surface area contributed by atoms with E-state index >= 15 is 0 Å². The SMILES string of the molecule is C1=CCCC/C=C\C(c2cc(-c3cccc(-c4cccc(-c5ccc6c(c5)c5ccccc5c5nccnc65)c4)c3)cc(-c3ccccn3)n2)=C1. The summed E-state index contributed by atoms with van der Waals surface area (Å²) in [4.78, 5) is 19.2. The Morgan fingerprint density at radius 3 is 1.80 bits per heavy atom. The summed E-state index contributed by atoms with van der Waals surface area (Å²) in [6, 6.07) is 43.2. The first-order chi connectivity index (χ1) is 25.3. The minimum Gasteiger partial charge on any atom is -0.255 e. The summed E-state index contributed by atoms with van der Waals surface area (Å²) < 4.78 is 0. The van der Waals surface area contributed by atoms with Gasteiger partial charge >= 0.3 is 0 Å². The van der Waals surface area contributed by atoms with Gasteiger partial charge in [-0.3, -0.25) is 15.0 Å². The summed E-state index contributed by atoms with van der Waals surface area (Å²) in [5.41, 5.74) is 12.5. The van der Waals surface area contributed by atoms with E-state index in [2.05, 4.69) is 138 Å². The van der Waals surface area contributed by atoms with E-state index in [1.165, 1.54) is 16.3 Å². The molecule has 8 aromatic rings. The molecule has 3 heterocycles. The van der Waals surface area contributed by atoms with Gasteiger partial charge in [0.15, 0.2) is 0 Å². The van der Waals surface area contributed by atoms with Crippen molar-refractivity contribution in [2.24, 2.45) is 0 Å². The third-order valence-corrected chi connectivity index (χ3v) is 9.67. The maximum atomic E-state index is 5.12. The van der Waals surface area contributed by atoms with Crippen molar-refractivity contribution in [3.63, 3.8) is 0 Å². The Labute approximate surface area is 297 Å². The van der Waals surface area contributed by atoms with E-state index in [1.54, 1.807) is 12.4 Å². The first kappa shape index (κ1) is 30.5. The molecule has 3 aromatic heterocycles. The van der Waals surface area contributed by atoms with Crippen LogP contribution in [-0.4, -0.2) is 19.9 Å². The van der Waals surface area contributed by atoms with Gasteiger partial charge in [0.25, 0.3) is 0 Å². The molecule has 0 radical (unpaired) electrons. The predicted molar refractivity (Wildman–Crippen MR) is 212 cm³/mol. The van der Waals surface area contributed by atoms with Crippen LogP contribution in [0.25, 0.3) is 82.9 Å². The van der Waals surface area contributed by atoms with E-state index in [0.717, 1.165) is 91.5 Å². The Kier molecular flexibility index (Phi) is 8.03. The molecule has 0 bridgehead atoms. The summed E-state index contributed by atoms with van der Waals surface area (Å²) in [6.07, 6.45) is 19.7. The Morgan fingerprint density at radius 1 is 0.412 bits per heavy atom. The van der Waals surface area contributed by atoms with Crippen molar-refractivity contribution >= 4 is 38.2 Å². The van der Waals surface area contributed by atoms with Crippen molar-refractivity contribution in [1.82, 2.24) is 19.9 Å². The molecule has 4 heteroatoms. The van der Waals surface area contributed by atoms with E-state index in [1.807, 2.05) is 24.4 Å². The van der Waals surface area contributed by atoms with Gasteiger partial charge < -0.3 is 0 Å². The van der Waals surface area contributed by atoms with Gasteiger partial charge in [0.05, 0.1) is 28.1 Å². The second-order valence-electron chi connectivity index (χ2n) is 12.9. The number of allylic oxidation sites excluding steroid dienone is 6. The highest BCUT2D eigenvalue weighted by atomic mass is 14.8. The predicted octanol–water partition coefficient (Wildman–Crippen LogP) is 12.1. The van der Waals surface area contributed by atoms with Gasteiger partial charge in [-0.1, -0.05) is 109 Å². The highest BCUT2D eigenvalue weighted by molar-refractivity contribution is 6.23. The topological polar surface area (TPSA) is 51.6 Å². The Bertz CT molecular complexity index is 2630. The lowest BCUT2D eigenvalue weighted by atomic mass is 9.93. The molecule has 0 fully saturated rings. The van der Waals surface area contributed by atoms with Crippen LogP contribution in [0.5, 0.6) is 0 Å². The van der Waals surface area contributed by atoms with Crippen molar-refractivity contribution in [3.05, 3.63) is 176 Å². The average Bonchev–Trinajstić information content (AvgIpc) is 3.35. The zero-order valence-corrected chi connectivity index (χ0v) is 28.1. The average molecular weight is 655 g/mol.